The smallest absolute Gasteiger partial charge is 0.354 e. The van der Waals surface area contributed by atoms with E-state index in [1.807, 2.05) is 74.6 Å². The lowest BCUT2D eigenvalue weighted by atomic mass is 10.1. The van der Waals surface area contributed by atoms with Gasteiger partial charge in [0.2, 0.25) is 0 Å². The molecular formula is C18H21NO2. The number of esters is 1. The van der Waals surface area contributed by atoms with E-state index in [0.29, 0.717) is 12.3 Å². The molecule has 0 spiro atoms. The summed E-state index contributed by atoms with van der Waals surface area (Å²) in [5, 5.41) is 3.26. The second-order valence-corrected chi connectivity index (χ2v) is 4.92. The van der Waals surface area contributed by atoms with Crippen molar-refractivity contribution in [2.24, 2.45) is 5.92 Å². The van der Waals surface area contributed by atoms with Gasteiger partial charge in [-0.05, 0) is 25.5 Å². The SMILES string of the molecule is CCOC(=O)/C(=C/C1C=CC=C1)N[C@H](C)c1ccccc1. The van der Waals surface area contributed by atoms with Crippen LogP contribution < -0.4 is 5.32 Å². The van der Waals surface area contributed by atoms with E-state index in [1.54, 1.807) is 0 Å². The molecule has 0 aliphatic heterocycles. The number of carbonyl (C=O) groups excluding carboxylic acids is 1. The number of benzene rings is 1. The fourth-order valence-corrected chi connectivity index (χ4v) is 2.19. The molecule has 1 aliphatic carbocycles. The Morgan fingerprint density at radius 2 is 1.95 bits per heavy atom. The Labute approximate surface area is 126 Å². The first-order chi connectivity index (χ1) is 10.2. The number of ether oxygens (including phenoxy) is 1. The monoisotopic (exact) mass is 283 g/mol. The van der Waals surface area contributed by atoms with Crippen molar-refractivity contribution in [1.82, 2.24) is 5.32 Å². The molecule has 0 amide bonds. The van der Waals surface area contributed by atoms with Crippen LogP contribution in [0.1, 0.15) is 25.5 Å². The van der Waals surface area contributed by atoms with Gasteiger partial charge in [-0.15, -0.1) is 0 Å². The Bertz CT molecular complexity index is 546. The summed E-state index contributed by atoms with van der Waals surface area (Å²) in [7, 11) is 0. The Kier molecular flexibility index (Phi) is 5.38. The average Bonchev–Trinajstić information content (AvgIpc) is 3.00. The maximum absolute atomic E-state index is 12.1. The maximum atomic E-state index is 12.1. The van der Waals surface area contributed by atoms with Gasteiger partial charge in [0.05, 0.1) is 6.61 Å². The Balaban J connectivity index is 2.13. The van der Waals surface area contributed by atoms with Crippen LogP contribution in [0.25, 0.3) is 0 Å². The summed E-state index contributed by atoms with van der Waals surface area (Å²) in [6.45, 7) is 4.21. The van der Waals surface area contributed by atoms with E-state index in [2.05, 4.69) is 5.32 Å². The van der Waals surface area contributed by atoms with Crippen LogP contribution in [0.2, 0.25) is 0 Å². The van der Waals surface area contributed by atoms with E-state index >= 15 is 0 Å². The zero-order chi connectivity index (χ0) is 15.1. The van der Waals surface area contributed by atoms with Crippen LogP contribution in [-0.2, 0) is 9.53 Å². The van der Waals surface area contributed by atoms with Crippen molar-refractivity contribution in [1.29, 1.82) is 0 Å². The largest absolute Gasteiger partial charge is 0.461 e. The fourth-order valence-electron chi connectivity index (χ4n) is 2.19. The lowest BCUT2D eigenvalue weighted by Gasteiger charge is -2.18. The molecule has 0 unspecified atom stereocenters. The molecule has 21 heavy (non-hydrogen) atoms. The van der Waals surface area contributed by atoms with Gasteiger partial charge >= 0.3 is 5.97 Å². The van der Waals surface area contributed by atoms with E-state index < -0.39 is 0 Å². The first kappa shape index (κ1) is 15.1. The molecule has 1 atom stereocenters. The summed E-state index contributed by atoms with van der Waals surface area (Å²) in [4.78, 5) is 12.1. The molecule has 110 valence electrons. The number of rotatable bonds is 6. The molecule has 3 heteroatoms. The van der Waals surface area contributed by atoms with Crippen molar-refractivity contribution < 1.29 is 9.53 Å². The molecular weight excluding hydrogens is 262 g/mol. The molecule has 1 N–H and O–H groups in total. The van der Waals surface area contributed by atoms with Crippen molar-refractivity contribution in [3.8, 4) is 0 Å². The third-order valence-corrected chi connectivity index (χ3v) is 3.30. The van der Waals surface area contributed by atoms with Crippen LogP contribution in [0.15, 0.2) is 66.4 Å². The van der Waals surface area contributed by atoms with Gasteiger partial charge in [0.15, 0.2) is 0 Å². The summed E-state index contributed by atoms with van der Waals surface area (Å²) < 4.78 is 5.13. The van der Waals surface area contributed by atoms with Crippen LogP contribution in [0.4, 0.5) is 0 Å². The molecule has 2 rings (SSSR count). The predicted octanol–water partition coefficient (Wildman–Crippen LogP) is 3.53. The van der Waals surface area contributed by atoms with Gasteiger partial charge in [0.25, 0.3) is 0 Å². The predicted molar refractivity (Wildman–Crippen MR) is 84.5 cm³/mol. The van der Waals surface area contributed by atoms with E-state index in [-0.39, 0.29) is 17.9 Å². The van der Waals surface area contributed by atoms with Crippen molar-refractivity contribution in [2.75, 3.05) is 6.61 Å². The number of carbonyl (C=O) groups is 1. The highest BCUT2D eigenvalue weighted by Gasteiger charge is 2.16. The van der Waals surface area contributed by atoms with Crippen LogP contribution in [0.3, 0.4) is 0 Å². The lowest BCUT2D eigenvalue weighted by Crippen LogP contribution is -2.26. The second-order valence-electron chi connectivity index (χ2n) is 4.92. The van der Waals surface area contributed by atoms with Gasteiger partial charge in [-0.1, -0.05) is 54.6 Å². The number of hydrogen-bond donors (Lipinski definition) is 1. The number of hydrogen-bond acceptors (Lipinski definition) is 3. The van der Waals surface area contributed by atoms with Gasteiger partial charge in [-0.25, -0.2) is 4.79 Å². The fraction of sp³-hybridized carbons (Fsp3) is 0.278. The van der Waals surface area contributed by atoms with Gasteiger partial charge in [-0.2, -0.15) is 0 Å². The molecule has 0 bridgehead atoms. The zero-order valence-corrected chi connectivity index (χ0v) is 12.5. The molecule has 3 nitrogen and oxygen atoms in total. The number of nitrogens with one attached hydrogen (secondary N) is 1. The summed E-state index contributed by atoms with van der Waals surface area (Å²) in [6, 6.07) is 10.1. The quantitative estimate of drug-likeness (QED) is 0.641. The summed E-state index contributed by atoms with van der Waals surface area (Å²) in [6.07, 6.45) is 9.93. The van der Waals surface area contributed by atoms with E-state index in [4.69, 9.17) is 4.74 Å². The Morgan fingerprint density at radius 3 is 2.57 bits per heavy atom. The molecule has 0 heterocycles. The normalized spacial score (nSPS) is 16.0. The van der Waals surface area contributed by atoms with Crippen LogP contribution in [-0.4, -0.2) is 12.6 Å². The summed E-state index contributed by atoms with van der Waals surface area (Å²) in [5.41, 5.74) is 1.64. The molecule has 0 fully saturated rings. The first-order valence-corrected chi connectivity index (χ1v) is 7.26. The molecule has 0 radical (unpaired) electrons. The molecule has 1 aliphatic rings. The van der Waals surface area contributed by atoms with Crippen molar-refractivity contribution in [2.45, 2.75) is 19.9 Å². The summed E-state index contributed by atoms with van der Waals surface area (Å²) in [5.74, 6) is -0.172. The third-order valence-electron chi connectivity index (χ3n) is 3.30. The molecule has 1 aromatic carbocycles. The van der Waals surface area contributed by atoms with Crippen LogP contribution >= 0.6 is 0 Å². The maximum Gasteiger partial charge on any atom is 0.354 e. The highest BCUT2D eigenvalue weighted by molar-refractivity contribution is 5.88. The van der Waals surface area contributed by atoms with E-state index in [1.165, 1.54) is 0 Å². The van der Waals surface area contributed by atoms with Gasteiger partial charge < -0.3 is 10.1 Å². The number of allylic oxidation sites excluding steroid dienone is 5. The Morgan fingerprint density at radius 1 is 1.29 bits per heavy atom. The van der Waals surface area contributed by atoms with Gasteiger partial charge in [0.1, 0.15) is 5.70 Å². The second kappa shape index (κ2) is 7.48. The lowest BCUT2D eigenvalue weighted by molar-refractivity contribution is -0.139. The molecule has 0 saturated heterocycles. The van der Waals surface area contributed by atoms with Crippen LogP contribution in [0, 0.1) is 5.92 Å². The van der Waals surface area contributed by atoms with Crippen molar-refractivity contribution in [3.63, 3.8) is 0 Å². The highest BCUT2D eigenvalue weighted by Crippen LogP contribution is 2.17. The summed E-state index contributed by atoms with van der Waals surface area (Å²) >= 11 is 0. The average molecular weight is 283 g/mol. The minimum absolute atomic E-state index is 0.0382. The van der Waals surface area contributed by atoms with Crippen LogP contribution in [0.5, 0.6) is 0 Å². The highest BCUT2D eigenvalue weighted by atomic mass is 16.5. The van der Waals surface area contributed by atoms with Gasteiger partial charge in [-0.3, -0.25) is 0 Å². The zero-order valence-electron chi connectivity index (χ0n) is 12.5. The van der Waals surface area contributed by atoms with E-state index in [9.17, 15) is 4.79 Å². The molecule has 0 aromatic heterocycles. The van der Waals surface area contributed by atoms with Crippen molar-refractivity contribution >= 4 is 5.97 Å². The third kappa shape index (κ3) is 4.35. The van der Waals surface area contributed by atoms with Crippen molar-refractivity contribution in [3.05, 3.63) is 72.0 Å². The van der Waals surface area contributed by atoms with Gasteiger partial charge in [0, 0.05) is 12.0 Å². The first-order valence-electron chi connectivity index (χ1n) is 7.26. The minimum atomic E-state index is -0.311. The standard InChI is InChI=1S/C18H21NO2/c1-3-21-18(20)17(13-15-9-7-8-10-15)19-14(2)16-11-5-4-6-12-16/h4-15,19H,3H2,1-2H3/b17-13-/t14-/m1/s1. The van der Waals surface area contributed by atoms with E-state index in [0.717, 1.165) is 5.56 Å². The topological polar surface area (TPSA) is 38.3 Å². The molecule has 1 aromatic rings. The minimum Gasteiger partial charge on any atom is -0.461 e. The Hall–Kier alpha value is -2.29. The molecule has 0 saturated carbocycles.